The van der Waals surface area contributed by atoms with E-state index in [-0.39, 0.29) is 0 Å². The Morgan fingerprint density at radius 2 is 2.17 bits per heavy atom. The highest BCUT2D eigenvalue weighted by molar-refractivity contribution is 7.15. The fraction of sp³-hybridized carbons (Fsp3) is 0.357. The summed E-state index contributed by atoms with van der Waals surface area (Å²) >= 11 is 1.71. The molecule has 1 aromatic heterocycles. The summed E-state index contributed by atoms with van der Waals surface area (Å²) in [5.74, 6) is 0.911. The summed E-state index contributed by atoms with van der Waals surface area (Å²) in [6, 6.07) is 8.17. The second-order valence-corrected chi connectivity index (χ2v) is 5.39. The van der Waals surface area contributed by atoms with Gasteiger partial charge in [0.1, 0.15) is 5.75 Å². The molecule has 0 unspecified atom stereocenters. The van der Waals surface area contributed by atoms with Crippen LogP contribution in [0, 0.1) is 13.8 Å². The van der Waals surface area contributed by atoms with Crippen molar-refractivity contribution in [1.82, 2.24) is 4.98 Å². The number of benzene rings is 1. The van der Waals surface area contributed by atoms with Gasteiger partial charge in [0.2, 0.25) is 0 Å². The Kier molecular flexibility index (Phi) is 4.20. The summed E-state index contributed by atoms with van der Waals surface area (Å²) in [6.45, 7) is 5.03. The van der Waals surface area contributed by atoms with Gasteiger partial charge in [0.25, 0.3) is 0 Å². The summed E-state index contributed by atoms with van der Waals surface area (Å²) in [5, 5.41) is 4.37. The second-order valence-electron chi connectivity index (χ2n) is 4.19. The predicted octanol–water partition coefficient (Wildman–Crippen LogP) is 3.42. The molecule has 0 radical (unpaired) electrons. The number of ether oxygens (including phenoxy) is 1. The number of aromatic nitrogens is 1. The Balaban J connectivity index is 1.88. The Morgan fingerprint density at radius 1 is 1.33 bits per heavy atom. The lowest BCUT2D eigenvalue weighted by Gasteiger charge is -2.05. The van der Waals surface area contributed by atoms with Gasteiger partial charge in [-0.1, -0.05) is 12.1 Å². The number of methoxy groups -OCH3 is 1. The molecule has 0 saturated carbocycles. The highest BCUT2D eigenvalue weighted by Gasteiger charge is 2.02. The van der Waals surface area contributed by atoms with E-state index in [1.54, 1.807) is 18.4 Å². The molecule has 2 aromatic rings. The quantitative estimate of drug-likeness (QED) is 0.896. The first-order valence-electron chi connectivity index (χ1n) is 6.00. The Bertz CT molecular complexity index is 503. The first-order valence-corrected chi connectivity index (χ1v) is 6.81. The average Bonchev–Trinajstić information content (AvgIpc) is 2.69. The predicted molar refractivity (Wildman–Crippen MR) is 76.8 cm³/mol. The van der Waals surface area contributed by atoms with Crippen LogP contribution in [-0.4, -0.2) is 18.6 Å². The molecule has 1 N–H and O–H groups in total. The van der Waals surface area contributed by atoms with Crippen LogP contribution in [-0.2, 0) is 6.42 Å². The maximum absolute atomic E-state index is 5.21. The van der Waals surface area contributed by atoms with Crippen LogP contribution in [0.2, 0.25) is 0 Å². The number of nitrogens with one attached hydrogen (secondary N) is 1. The zero-order valence-corrected chi connectivity index (χ0v) is 11.8. The van der Waals surface area contributed by atoms with E-state index in [9.17, 15) is 0 Å². The van der Waals surface area contributed by atoms with Crippen LogP contribution in [0.25, 0.3) is 0 Å². The third-order valence-corrected chi connectivity index (χ3v) is 3.88. The van der Waals surface area contributed by atoms with Gasteiger partial charge in [0.15, 0.2) is 5.13 Å². The third-order valence-electron chi connectivity index (χ3n) is 2.85. The maximum atomic E-state index is 5.21. The number of anilines is 1. The summed E-state index contributed by atoms with van der Waals surface area (Å²) in [5.41, 5.74) is 2.38. The summed E-state index contributed by atoms with van der Waals surface area (Å²) in [4.78, 5) is 5.73. The second kappa shape index (κ2) is 5.87. The molecule has 0 saturated heterocycles. The molecule has 18 heavy (non-hydrogen) atoms. The van der Waals surface area contributed by atoms with E-state index in [1.807, 2.05) is 19.1 Å². The highest BCUT2D eigenvalue weighted by atomic mass is 32.1. The van der Waals surface area contributed by atoms with Crippen molar-refractivity contribution in [3.05, 3.63) is 40.4 Å². The largest absolute Gasteiger partial charge is 0.497 e. The van der Waals surface area contributed by atoms with E-state index in [1.165, 1.54) is 10.4 Å². The van der Waals surface area contributed by atoms with E-state index < -0.39 is 0 Å². The lowest BCUT2D eigenvalue weighted by molar-refractivity contribution is 0.414. The van der Waals surface area contributed by atoms with E-state index in [2.05, 4.69) is 29.4 Å². The van der Waals surface area contributed by atoms with Gasteiger partial charge in [-0.15, -0.1) is 11.3 Å². The lowest BCUT2D eigenvalue weighted by atomic mass is 10.1. The van der Waals surface area contributed by atoms with Crippen molar-refractivity contribution < 1.29 is 4.74 Å². The van der Waals surface area contributed by atoms with E-state index in [0.29, 0.717) is 0 Å². The van der Waals surface area contributed by atoms with Gasteiger partial charge >= 0.3 is 0 Å². The first-order chi connectivity index (χ1) is 8.69. The van der Waals surface area contributed by atoms with Crippen LogP contribution in [0.1, 0.15) is 16.1 Å². The molecule has 3 nitrogen and oxygen atoms in total. The van der Waals surface area contributed by atoms with Crippen LogP contribution < -0.4 is 10.1 Å². The fourth-order valence-corrected chi connectivity index (χ4v) is 2.53. The van der Waals surface area contributed by atoms with Gasteiger partial charge in [-0.05, 0) is 38.0 Å². The van der Waals surface area contributed by atoms with E-state index in [4.69, 9.17) is 4.74 Å². The normalized spacial score (nSPS) is 10.4. The Morgan fingerprint density at radius 3 is 2.83 bits per heavy atom. The van der Waals surface area contributed by atoms with Crippen molar-refractivity contribution in [2.24, 2.45) is 0 Å². The van der Waals surface area contributed by atoms with E-state index in [0.717, 1.165) is 29.5 Å². The summed E-state index contributed by atoms with van der Waals surface area (Å²) in [6.07, 6.45) is 0.967. The highest BCUT2D eigenvalue weighted by Crippen LogP contribution is 2.21. The lowest BCUT2D eigenvalue weighted by Crippen LogP contribution is -2.04. The van der Waals surface area contributed by atoms with Gasteiger partial charge in [-0.3, -0.25) is 0 Å². The molecule has 4 heteroatoms. The Labute approximate surface area is 112 Å². The standard InChI is InChI=1S/C14H18N2OS/c1-10-11(2)18-14(16-10)15-8-7-12-5-4-6-13(9-12)17-3/h4-6,9H,7-8H2,1-3H3,(H,15,16). The molecule has 2 rings (SSSR count). The zero-order chi connectivity index (χ0) is 13.0. The average molecular weight is 262 g/mol. The minimum Gasteiger partial charge on any atom is -0.497 e. The maximum Gasteiger partial charge on any atom is 0.183 e. The molecule has 96 valence electrons. The van der Waals surface area contributed by atoms with Gasteiger partial charge in [-0.2, -0.15) is 0 Å². The van der Waals surface area contributed by atoms with Gasteiger partial charge in [0.05, 0.1) is 12.8 Å². The van der Waals surface area contributed by atoms with Crippen LogP contribution in [0.15, 0.2) is 24.3 Å². The van der Waals surface area contributed by atoms with Crippen LogP contribution in [0.4, 0.5) is 5.13 Å². The van der Waals surface area contributed by atoms with Crippen molar-refractivity contribution in [1.29, 1.82) is 0 Å². The SMILES string of the molecule is COc1cccc(CCNc2nc(C)c(C)s2)c1. The molecule has 1 aromatic carbocycles. The van der Waals surface area contributed by atoms with Crippen LogP contribution in [0.5, 0.6) is 5.75 Å². The molecule has 0 aliphatic rings. The smallest absolute Gasteiger partial charge is 0.183 e. The van der Waals surface area contributed by atoms with Crippen molar-refractivity contribution in [2.75, 3.05) is 19.0 Å². The Hall–Kier alpha value is -1.55. The number of thiazole rings is 1. The van der Waals surface area contributed by atoms with Gasteiger partial charge in [0, 0.05) is 11.4 Å². The van der Waals surface area contributed by atoms with Crippen molar-refractivity contribution >= 4 is 16.5 Å². The number of hydrogen-bond donors (Lipinski definition) is 1. The van der Waals surface area contributed by atoms with E-state index >= 15 is 0 Å². The topological polar surface area (TPSA) is 34.1 Å². The minimum absolute atomic E-state index is 0.888. The number of rotatable bonds is 5. The summed E-state index contributed by atoms with van der Waals surface area (Å²) in [7, 11) is 1.69. The number of aryl methyl sites for hydroxylation is 2. The molecule has 0 fully saturated rings. The molecule has 0 aliphatic heterocycles. The van der Waals surface area contributed by atoms with Crippen molar-refractivity contribution in [2.45, 2.75) is 20.3 Å². The molecule has 0 amide bonds. The van der Waals surface area contributed by atoms with Crippen LogP contribution in [0.3, 0.4) is 0 Å². The number of hydrogen-bond acceptors (Lipinski definition) is 4. The minimum atomic E-state index is 0.888. The first kappa shape index (κ1) is 12.9. The van der Waals surface area contributed by atoms with Crippen molar-refractivity contribution in [3.63, 3.8) is 0 Å². The third kappa shape index (κ3) is 3.23. The monoisotopic (exact) mass is 262 g/mol. The number of nitrogens with zero attached hydrogens (tertiary/aromatic N) is 1. The molecular weight excluding hydrogens is 244 g/mol. The molecular formula is C14H18N2OS. The molecule has 1 heterocycles. The van der Waals surface area contributed by atoms with Crippen molar-refractivity contribution in [3.8, 4) is 5.75 Å². The molecule has 0 aliphatic carbocycles. The van der Waals surface area contributed by atoms with Crippen LogP contribution >= 0.6 is 11.3 Å². The fourth-order valence-electron chi connectivity index (χ4n) is 1.69. The molecule has 0 bridgehead atoms. The van der Waals surface area contributed by atoms with Gasteiger partial charge in [-0.25, -0.2) is 4.98 Å². The molecule has 0 spiro atoms. The molecule has 0 atom stereocenters. The summed E-state index contributed by atoms with van der Waals surface area (Å²) < 4.78 is 5.21. The zero-order valence-electron chi connectivity index (χ0n) is 11.0. The van der Waals surface area contributed by atoms with Gasteiger partial charge < -0.3 is 10.1 Å².